The van der Waals surface area contributed by atoms with Gasteiger partial charge in [0.2, 0.25) is 6.71 Å². The SMILES string of the molecule is Cc1ccc2c(c1)c1ccc3c4c1n2-c1ccccc1B4c1ccccc1-3. The molecule has 0 saturated heterocycles. The Morgan fingerprint density at radius 1 is 0.704 bits per heavy atom. The molecule has 4 aromatic carbocycles. The summed E-state index contributed by atoms with van der Waals surface area (Å²) in [6.07, 6.45) is 0. The van der Waals surface area contributed by atoms with Gasteiger partial charge in [-0.05, 0) is 47.2 Å². The molecule has 1 nitrogen and oxygen atoms in total. The van der Waals surface area contributed by atoms with Crippen molar-refractivity contribution in [2.24, 2.45) is 0 Å². The molecule has 0 atom stereocenters. The molecule has 5 aromatic rings. The summed E-state index contributed by atoms with van der Waals surface area (Å²) in [6, 6.07) is 29.4. The maximum absolute atomic E-state index is 2.50. The normalized spacial score (nSPS) is 13.3. The third-order valence-corrected chi connectivity index (χ3v) is 6.46. The Balaban J connectivity index is 1.80. The lowest BCUT2D eigenvalue weighted by atomic mass is 9.37. The number of rotatable bonds is 0. The lowest BCUT2D eigenvalue weighted by Gasteiger charge is -2.24. The lowest BCUT2D eigenvalue weighted by molar-refractivity contribution is 1.19. The molecule has 0 fully saturated rings. The largest absolute Gasteiger partial charge is 0.310 e. The van der Waals surface area contributed by atoms with Crippen molar-refractivity contribution in [2.75, 3.05) is 0 Å². The third kappa shape index (κ3) is 1.50. The number of hydrogen-bond donors (Lipinski definition) is 0. The van der Waals surface area contributed by atoms with E-state index in [1.165, 1.54) is 60.6 Å². The van der Waals surface area contributed by atoms with Gasteiger partial charge in [-0.2, -0.15) is 0 Å². The molecule has 2 aliphatic rings. The molecule has 0 N–H and O–H groups in total. The van der Waals surface area contributed by atoms with E-state index in [0.29, 0.717) is 6.71 Å². The van der Waals surface area contributed by atoms with Crippen molar-refractivity contribution in [1.29, 1.82) is 0 Å². The summed E-state index contributed by atoms with van der Waals surface area (Å²) in [5, 5.41) is 2.74. The smallest absolute Gasteiger partial charge is 0.248 e. The fourth-order valence-corrected chi connectivity index (χ4v) is 5.43. The van der Waals surface area contributed by atoms with Gasteiger partial charge in [-0.15, -0.1) is 0 Å². The minimum atomic E-state index is 0.342. The van der Waals surface area contributed by atoms with Crippen LogP contribution in [0.2, 0.25) is 0 Å². The average molecular weight is 341 g/mol. The molecule has 2 heteroatoms. The van der Waals surface area contributed by atoms with Gasteiger partial charge in [0.15, 0.2) is 0 Å². The van der Waals surface area contributed by atoms with E-state index in [-0.39, 0.29) is 0 Å². The van der Waals surface area contributed by atoms with Crippen LogP contribution in [0.4, 0.5) is 0 Å². The fraction of sp³-hybridized carbons (Fsp3) is 0.0400. The van der Waals surface area contributed by atoms with E-state index in [0.717, 1.165) is 0 Å². The molecule has 124 valence electrons. The first-order chi connectivity index (χ1) is 13.3. The van der Waals surface area contributed by atoms with Crippen molar-refractivity contribution in [3.63, 3.8) is 0 Å². The molecule has 0 amide bonds. The van der Waals surface area contributed by atoms with Crippen molar-refractivity contribution in [3.05, 3.63) is 84.4 Å². The Morgan fingerprint density at radius 2 is 1.52 bits per heavy atom. The molecular formula is C25H16BN. The van der Waals surface area contributed by atoms with E-state index < -0.39 is 0 Å². The van der Waals surface area contributed by atoms with Gasteiger partial charge in [0.1, 0.15) is 0 Å². The number of nitrogens with zero attached hydrogens (tertiary/aromatic N) is 1. The molecule has 0 unspecified atom stereocenters. The van der Waals surface area contributed by atoms with Gasteiger partial charge in [0.05, 0.1) is 5.52 Å². The predicted molar refractivity (Wildman–Crippen MR) is 116 cm³/mol. The summed E-state index contributed by atoms with van der Waals surface area (Å²) in [7, 11) is 0. The van der Waals surface area contributed by atoms with Gasteiger partial charge in [-0.3, -0.25) is 0 Å². The number of para-hydroxylation sites is 1. The zero-order chi connectivity index (χ0) is 17.7. The number of aryl methyl sites for hydroxylation is 1. The Bertz CT molecular complexity index is 1440. The third-order valence-electron chi connectivity index (χ3n) is 6.46. The molecule has 7 rings (SSSR count). The van der Waals surface area contributed by atoms with Gasteiger partial charge in [0, 0.05) is 22.0 Å². The number of aromatic nitrogens is 1. The molecule has 27 heavy (non-hydrogen) atoms. The second-order valence-corrected chi connectivity index (χ2v) is 7.86. The zero-order valence-corrected chi connectivity index (χ0v) is 15.0. The minimum Gasteiger partial charge on any atom is -0.310 e. The summed E-state index contributed by atoms with van der Waals surface area (Å²) >= 11 is 0. The van der Waals surface area contributed by atoms with Crippen LogP contribution in [0.25, 0.3) is 38.6 Å². The average Bonchev–Trinajstić information content (AvgIpc) is 3.21. The van der Waals surface area contributed by atoms with Crippen LogP contribution in [0.1, 0.15) is 5.56 Å². The highest BCUT2D eigenvalue weighted by Gasteiger charge is 2.40. The summed E-state index contributed by atoms with van der Waals surface area (Å²) < 4.78 is 2.50. The molecule has 0 spiro atoms. The maximum Gasteiger partial charge on any atom is 0.248 e. The number of hydrogen-bond acceptors (Lipinski definition) is 0. The van der Waals surface area contributed by atoms with Gasteiger partial charge < -0.3 is 4.57 Å². The van der Waals surface area contributed by atoms with Crippen molar-refractivity contribution in [1.82, 2.24) is 4.57 Å². The Morgan fingerprint density at radius 3 is 2.44 bits per heavy atom. The van der Waals surface area contributed by atoms with E-state index in [4.69, 9.17) is 0 Å². The molecule has 2 aliphatic heterocycles. The van der Waals surface area contributed by atoms with E-state index in [1.54, 1.807) is 0 Å². The quantitative estimate of drug-likeness (QED) is 0.369. The van der Waals surface area contributed by atoms with E-state index in [1.807, 2.05) is 0 Å². The minimum absolute atomic E-state index is 0.342. The Hall–Kier alpha value is -3.26. The van der Waals surface area contributed by atoms with Crippen LogP contribution in [-0.4, -0.2) is 11.3 Å². The van der Waals surface area contributed by atoms with Crippen LogP contribution >= 0.6 is 0 Å². The first-order valence-corrected chi connectivity index (χ1v) is 9.59. The van der Waals surface area contributed by atoms with Crippen molar-refractivity contribution >= 4 is 44.9 Å². The first kappa shape index (κ1) is 13.9. The fourth-order valence-electron chi connectivity index (χ4n) is 5.43. The van der Waals surface area contributed by atoms with E-state index >= 15 is 0 Å². The van der Waals surface area contributed by atoms with E-state index in [9.17, 15) is 0 Å². The molecule has 3 heterocycles. The number of fused-ring (bicyclic) bond motifs is 9. The summed E-state index contributed by atoms with van der Waals surface area (Å²) in [6.45, 7) is 2.52. The van der Waals surface area contributed by atoms with Crippen molar-refractivity contribution in [2.45, 2.75) is 6.92 Å². The molecule has 0 radical (unpaired) electrons. The van der Waals surface area contributed by atoms with Crippen LogP contribution in [0.15, 0.2) is 78.9 Å². The van der Waals surface area contributed by atoms with Gasteiger partial charge in [-0.25, -0.2) is 0 Å². The molecule has 0 aliphatic carbocycles. The summed E-state index contributed by atoms with van der Waals surface area (Å²) in [4.78, 5) is 0. The van der Waals surface area contributed by atoms with Crippen LogP contribution in [0.5, 0.6) is 0 Å². The monoisotopic (exact) mass is 341 g/mol. The maximum atomic E-state index is 2.50. The van der Waals surface area contributed by atoms with Crippen LogP contribution in [0.3, 0.4) is 0 Å². The summed E-state index contributed by atoms with van der Waals surface area (Å²) in [5.41, 5.74) is 12.5. The highest BCUT2D eigenvalue weighted by Crippen LogP contribution is 2.38. The van der Waals surface area contributed by atoms with Gasteiger partial charge in [0.25, 0.3) is 0 Å². The van der Waals surface area contributed by atoms with Crippen molar-refractivity contribution in [3.8, 4) is 16.8 Å². The van der Waals surface area contributed by atoms with Crippen LogP contribution < -0.4 is 16.4 Å². The molecule has 0 saturated carbocycles. The topological polar surface area (TPSA) is 4.93 Å². The number of benzene rings is 4. The van der Waals surface area contributed by atoms with Gasteiger partial charge >= 0.3 is 0 Å². The van der Waals surface area contributed by atoms with Gasteiger partial charge in [-0.1, -0.05) is 71.7 Å². The zero-order valence-electron chi connectivity index (χ0n) is 15.0. The van der Waals surface area contributed by atoms with Crippen molar-refractivity contribution < 1.29 is 0 Å². The highest BCUT2D eigenvalue weighted by atomic mass is 15.0. The second-order valence-electron chi connectivity index (χ2n) is 7.86. The van der Waals surface area contributed by atoms with Crippen LogP contribution in [0, 0.1) is 6.92 Å². The Labute approximate surface area is 158 Å². The standard InChI is InChI=1S/C25H16BN/c1-15-10-13-22-19(14-15)18-12-11-17-16-6-2-3-7-20(16)26-21-8-4-5-9-23(21)27(22)25(18)24(17)26/h2-14H,1H3. The predicted octanol–water partition coefficient (Wildman–Crippen LogP) is 3.90. The van der Waals surface area contributed by atoms with Crippen LogP contribution in [-0.2, 0) is 0 Å². The lowest BCUT2D eigenvalue weighted by Crippen LogP contribution is -2.53. The molecular weight excluding hydrogens is 325 g/mol. The Kier molecular flexibility index (Phi) is 2.33. The first-order valence-electron chi connectivity index (χ1n) is 9.59. The summed E-state index contributed by atoms with van der Waals surface area (Å²) in [5.74, 6) is 0. The highest BCUT2D eigenvalue weighted by molar-refractivity contribution is 7.01. The second kappa shape index (κ2) is 4.53. The molecule has 1 aromatic heterocycles. The molecule has 0 bridgehead atoms. The van der Waals surface area contributed by atoms with E-state index in [2.05, 4.69) is 90.4 Å².